The lowest BCUT2D eigenvalue weighted by molar-refractivity contribution is -0.127. The summed E-state index contributed by atoms with van der Waals surface area (Å²) in [6.07, 6.45) is 2.07. The fourth-order valence-electron chi connectivity index (χ4n) is 4.61. The molecule has 4 rings (SSSR count). The van der Waals surface area contributed by atoms with Gasteiger partial charge in [-0.25, -0.2) is 14.1 Å². The van der Waals surface area contributed by atoms with Crippen molar-refractivity contribution in [3.8, 4) is 5.75 Å². The number of hydrogen-bond donors (Lipinski definition) is 2. The first-order valence-electron chi connectivity index (χ1n) is 9.74. The summed E-state index contributed by atoms with van der Waals surface area (Å²) in [7, 11) is 0. The molecular weight excluding hydrogens is 377 g/mol. The number of aromatic nitrogens is 3. The Labute approximate surface area is 167 Å². The number of ether oxygens (including phenoxy) is 1. The molecule has 29 heavy (non-hydrogen) atoms. The molecule has 0 fully saturated rings. The molecule has 0 aliphatic carbocycles. The zero-order valence-corrected chi connectivity index (χ0v) is 16.7. The van der Waals surface area contributed by atoms with Crippen molar-refractivity contribution in [2.45, 2.75) is 45.6 Å². The fraction of sp³-hybridized carbons (Fsp3) is 0.500. The summed E-state index contributed by atoms with van der Waals surface area (Å²) in [4.78, 5) is 29.2. The van der Waals surface area contributed by atoms with Crippen LogP contribution in [0.5, 0.6) is 5.75 Å². The van der Waals surface area contributed by atoms with Gasteiger partial charge in [0.1, 0.15) is 23.9 Å². The maximum Gasteiger partial charge on any atom is 0.288 e. The number of benzene rings is 1. The largest absolute Gasteiger partial charge is 0.490 e. The second kappa shape index (κ2) is 6.82. The summed E-state index contributed by atoms with van der Waals surface area (Å²) in [5.74, 6) is -1.41. The van der Waals surface area contributed by atoms with Crippen LogP contribution in [0.1, 0.15) is 48.7 Å². The first-order chi connectivity index (χ1) is 13.7. The van der Waals surface area contributed by atoms with E-state index in [0.717, 1.165) is 6.42 Å². The number of rotatable bonds is 3. The Hall–Kier alpha value is -2.97. The molecule has 9 heteroatoms. The fourth-order valence-corrected chi connectivity index (χ4v) is 4.61. The first kappa shape index (κ1) is 19.4. The van der Waals surface area contributed by atoms with Crippen LogP contribution in [0, 0.1) is 24.6 Å². The molecule has 1 unspecified atom stereocenters. The Morgan fingerprint density at radius 1 is 1.45 bits per heavy atom. The van der Waals surface area contributed by atoms with Crippen molar-refractivity contribution in [3.63, 3.8) is 0 Å². The molecule has 8 nitrogen and oxygen atoms in total. The van der Waals surface area contributed by atoms with Crippen molar-refractivity contribution >= 4 is 17.5 Å². The molecule has 2 atom stereocenters. The third kappa shape index (κ3) is 2.95. The van der Waals surface area contributed by atoms with Crippen molar-refractivity contribution in [2.24, 2.45) is 17.6 Å². The van der Waals surface area contributed by atoms with E-state index in [1.807, 2.05) is 13.8 Å². The van der Waals surface area contributed by atoms with Crippen LogP contribution in [-0.2, 0) is 16.8 Å². The molecule has 2 aliphatic rings. The van der Waals surface area contributed by atoms with E-state index < -0.39 is 23.2 Å². The maximum absolute atomic E-state index is 14.5. The van der Waals surface area contributed by atoms with Crippen LogP contribution in [-0.4, -0.2) is 33.2 Å². The number of carbonyl (C=O) groups excluding carboxylic acids is 2. The van der Waals surface area contributed by atoms with Gasteiger partial charge in [0, 0.05) is 6.42 Å². The quantitative estimate of drug-likeness (QED) is 0.818. The lowest BCUT2D eigenvalue weighted by Crippen LogP contribution is -2.54. The number of fused-ring (bicyclic) bond motifs is 2. The Morgan fingerprint density at radius 3 is 2.90 bits per heavy atom. The zero-order chi connectivity index (χ0) is 20.9. The molecule has 3 N–H and O–H groups in total. The number of nitrogens with zero attached hydrogens (tertiary/aromatic N) is 3. The average Bonchev–Trinajstić information content (AvgIpc) is 3.02. The SMILES string of the molecule is Cc1cc(F)c2c(c1)OC[C@H](C1(C(C)C)CCCc3nc(C(N)=O)nn31)C(=O)N2. The number of nitrogens with one attached hydrogen (secondary N) is 1. The Morgan fingerprint density at radius 2 is 2.21 bits per heavy atom. The van der Waals surface area contributed by atoms with Crippen LogP contribution >= 0.6 is 0 Å². The molecule has 3 heterocycles. The van der Waals surface area contributed by atoms with E-state index in [-0.39, 0.29) is 29.9 Å². The molecule has 154 valence electrons. The minimum atomic E-state index is -0.772. The molecule has 0 bridgehead atoms. The van der Waals surface area contributed by atoms with Gasteiger partial charge in [0.2, 0.25) is 11.7 Å². The number of aryl methyl sites for hydroxylation is 2. The van der Waals surface area contributed by atoms with Gasteiger partial charge in [0.15, 0.2) is 5.82 Å². The van der Waals surface area contributed by atoms with Crippen molar-refractivity contribution in [3.05, 3.63) is 35.2 Å². The van der Waals surface area contributed by atoms with Crippen LogP contribution in [0.4, 0.5) is 10.1 Å². The predicted molar refractivity (Wildman–Crippen MR) is 103 cm³/mol. The second-order valence-corrected chi connectivity index (χ2v) is 8.10. The minimum Gasteiger partial charge on any atom is -0.490 e. The van der Waals surface area contributed by atoms with Crippen molar-refractivity contribution in [1.82, 2.24) is 14.8 Å². The number of amides is 2. The molecule has 0 spiro atoms. The van der Waals surface area contributed by atoms with Gasteiger partial charge in [0.25, 0.3) is 5.91 Å². The third-order valence-electron chi connectivity index (χ3n) is 6.04. The van der Waals surface area contributed by atoms with Crippen LogP contribution in [0.25, 0.3) is 0 Å². The summed E-state index contributed by atoms with van der Waals surface area (Å²) in [5, 5.41) is 7.08. The first-order valence-corrected chi connectivity index (χ1v) is 9.74. The number of hydrogen-bond acceptors (Lipinski definition) is 5. The lowest BCUT2D eigenvalue weighted by atomic mass is 9.70. The smallest absolute Gasteiger partial charge is 0.288 e. The number of primary amides is 1. The van der Waals surface area contributed by atoms with E-state index in [2.05, 4.69) is 15.4 Å². The van der Waals surface area contributed by atoms with E-state index in [0.29, 0.717) is 30.0 Å². The predicted octanol–water partition coefficient (Wildman–Crippen LogP) is 2.16. The van der Waals surface area contributed by atoms with Gasteiger partial charge in [-0.15, -0.1) is 5.10 Å². The Kier molecular flexibility index (Phi) is 4.55. The highest BCUT2D eigenvalue weighted by atomic mass is 19.1. The molecule has 2 aromatic rings. The van der Waals surface area contributed by atoms with Gasteiger partial charge < -0.3 is 15.8 Å². The van der Waals surface area contributed by atoms with Crippen molar-refractivity contribution < 1.29 is 18.7 Å². The number of halogens is 1. The average molecular weight is 401 g/mol. The maximum atomic E-state index is 14.5. The number of anilines is 1. The molecule has 0 saturated heterocycles. The minimum absolute atomic E-state index is 0.0314. The molecule has 2 aliphatic heterocycles. The molecule has 2 amide bonds. The molecule has 1 aromatic carbocycles. The van der Waals surface area contributed by atoms with Gasteiger partial charge in [0.05, 0.1) is 11.5 Å². The van der Waals surface area contributed by atoms with Gasteiger partial charge >= 0.3 is 0 Å². The summed E-state index contributed by atoms with van der Waals surface area (Å²) in [6, 6.07) is 3.06. The zero-order valence-electron chi connectivity index (χ0n) is 16.7. The topological polar surface area (TPSA) is 112 Å². The highest BCUT2D eigenvalue weighted by molar-refractivity contribution is 5.96. The van der Waals surface area contributed by atoms with E-state index in [1.165, 1.54) is 6.07 Å². The highest BCUT2D eigenvalue weighted by Gasteiger charge is 2.52. The summed E-state index contributed by atoms with van der Waals surface area (Å²) >= 11 is 0. The molecule has 1 aromatic heterocycles. The van der Waals surface area contributed by atoms with E-state index >= 15 is 0 Å². The monoisotopic (exact) mass is 401 g/mol. The summed E-state index contributed by atoms with van der Waals surface area (Å²) in [5.41, 5.74) is 5.37. The highest BCUT2D eigenvalue weighted by Crippen LogP contribution is 2.45. The normalized spacial score (nSPS) is 23.6. The van der Waals surface area contributed by atoms with E-state index in [4.69, 9.17) is 10.5 Å². The van der Waals surface area contributed by atoms with Gasteiger partial charge in [-0.2, -0.15) is 0 Å². The summed E-state index contributed by atoms with van der Waals surface area (Å²) in [6.45, 7) is 5.82. The standard InChI is InChI=1S/C20H24FN5O3/c1-10(2)20(6-4-5-15-23-18(17(22)27)25-26(15)20)12-9-29-14-8-11(3)7-13(21)16(14)24-19(12)28/h7-8,10,12H,4-6,9H2,1-3H3,(H2,22,27)(H,24,28)/t12-,20?/m0/s1. The van der Waals surface area contributed by atoms with Gasteiger partial charge in [-0.05, 0) is 43.4 Å². The lowest BCUT2D eigenvalue weighted by Gasteiger charge is -2.45. The van der Waals surface area contributed by atoms with Gasteiger partial charge in [-0.3, -0.25) is 9.59 Å². The van der Waals surface area contributed by atoms with Crippen LogP contribution in [0.15, 0.2) is 12.1 Å². The van der Waals surface area contributed by atoms with Crippen LogP contribution in [0.3, 0.4) is 0 Å². The van der Waals surface area contributed by atoms with Gasteiger partial charge in [-0.1, -0.05) is 13.8 Å². The van der Waals surface area contributed by atoms with Crippen molar-refractivity contribution in [2.75, 3.05) is 11.9 Å². The van der Waals surface area contributed by atoms with Crippen molar-refractivity contribution in [1.29, 1.82) is 0 Å². The third-order valence-corrected chi connectivity index (χ3v) is 6.04. The molecular formula is C20H24FN5O3. The second-order valence-electron chi connectivity index (χ2n) is 8.10. The summed E-state index contributed by atoms with van der Waals surface area (Å²) < 4.78 is 22.1. The van der Waals surface area contributed by atoms with Crippen LogP contribution in [0.2, 0.25) is 0 Å². The van der Waals surface area contributed by atoms with Crippen LogP contribution < -0.4 is 15.8 Å². The Balaban J connectivity index is 1.81. The Bertz CT molecular complexity index is 1000. The molecule has 0 radical (unpaired) electrons. The molecule has 0 saturated carbocycles. The van der Waals surface area contributed by atoms with E-state index in [9.17, 15) is 14.0 Å². The van der Waals surface area contributed by atoms with E-state index in [1.54, 1.807) is 17.7 Å². The number of carbonyl (C=O) groups is 2. The number of nitrogens with two attached hydrogens (primary N) is 1.